The van der Waals surface area contributed by atoms with Crippen LogP contribution >= 0.6 is 0 Å². The normalized spacial score (nSPS) is 36.9. The minimum Gasteiger partial charge on any atom is -0.379 e. The van der Waals surface area contributed by atoms with Gasteiger partial charge in [0.25, 0.3) is 0 Å². The monoisotopic (exact) mass is 256 g/mol. The Morgan fingerprint density at radius 2 is 1.94 bits per heavy atom. The standard InChI is InChI=1S/C13H24N2O3/c1-4-14-12-8-17-7-11(12)13(16)15-5-9(2)18-10(3)6-15/h9-12,14H,4-8H2,1-3H3/t9-,10+,11?,12?. The van der Waals surface area contributed by atoms with Crippen molar-refractivity contribution in [3.8, 4) is 0 Å². The van der Waals surface area contributed by atoms with Crippen molar-refractivity contribution in [2.75, 3.05) is 32.8 Å². The Balaban J connectivity index is 1.97. The summed E-state index contributed by atoms with van der Waals surface area (Å²) < 4.78 is 11.1. The zero-order valence-corrected chi connectivity index (χ0v) is 11.5. The molecule has 0 bridgehead atoms. The molecule has 2 rings (SSSR count). The fourth-order valence-electron chi connectivity index (χ4n) is 2.85. The maximum absolute atomic E-state index is 12.5. The lowest BCUT2D eigenvalue weighted by Crippen LogP contribution is -2.53. The smallest absolute Gasteiger partial charge is 0.229 e. The van der Waals surface area contributed by atoms with Gasteiger partial charge in [-0.2, -0.15) is 0 Å². The van der Waals surface area contributed by atoms with Crippen LogP contribution in [0.1, 0.15) is 20.8 Å². The zero-order chi connectivity index (χ0) is 13.1. The van der Waals surface area contributed by atoms with Gasteiger partial charge in [0.15, 0.2) is 0 Å². The first kappa shape index (κ1) is 13.8. The molecular formula is C13H24N2O3. The van der Waals surface area contributed by atoms with Crippen LogP contribution in [0.15, 0.2) is 0 Å². The Labute approximate surface area is 109 Å². The maximum Gasteiger partial charge on any atom is 0.229 e. The molecule has 2 aliphatic rings. The quantitative estimate of drug-likeness (QED) is 0.786. The predicted octanol–water partition coefficient (Wildman–Crippen LogP) is 0.247. The molecular weight excluding hydrogens is 232 g/mol. The van der Waals surface area contributed by atoms with Crippen molar-refractivity contribution >= 4 is 5.91 Å². The Morgan fingerprint density at radius 1 is 1.28 bits per heavy atom. The van der Waals surface area contributed by atoms with Crippen LogP contribution < -0.4 is 5.32 Å². The lowest BCUT2D eigenvalue weighted by molar-refractivity contribution is -0.147. The Bertz CT molecular complexity index is 288. The number of carbonyl (C=O) groups is 1. The van der Waals surface area contributed by atoms with Crippen molar-refractivity contribution in [2.24, 2.45) is 5.92 Å². The molecule has 0 aliphatic carbocycles. The molecule has 2 heterocycles. The number of hydrogen-bond donors (Lipinski definition) is 1. The predicted molar refractivity (Wildman–Crippen MR) is 68.4 cm³/mol. The van der Waals surface area contributed by atoms with Gasteiger partial charge in [-0.25, -0.2) is 0 Å². The molecule has 2 unspecified atom stereocenters. The van der Waals surface area contributed by atoms with Crippen molar-refractivity contribution in [1.82, 2.24) is 10.2 Å². The van der Waals surface area contributed by atoms with E-state index < -0.39 is 0 Å². The third kappa shape index (κ3) is 3.02. The Hall–Kier alpha value is -0.650. The number of hydrogen-bond acceptors (Lipinski definition) is 4. The lowest BCUT2D eigenvalue weighted by Gasteiger charge is -2.37. The molecule has 2 fully saturated rings. The molecule has 1 amide bonds. The second-order valence-corrected chi connectivity index (χ2v) is 5.31. The van der Waals surface area contributed by atoms with Gasteiger partial charge in [-0.05, 0) is 20.4 Å². The van der Waals surface area contributed by atoms with E-state index in [0.717, 1.165) is 6.54 Å². The van der Waals surface area contributed by atoms with Crippen LogP contribution in [-0.4, -0.2) is 61.9 Å². The molecule has 0 aromatic carbocycles. The molecule has 2 saturated heterocycles. The largest absolute Gasteiger partial charge is 0.379 e. The number of nitrogens with one attached hydrogen (secondary N) is 1. The molecule has 2 aliphatic heterocycles. The van der Waals surface area contributed by atoms with Crippen LogP contribution in [0.4, 0.5) is 0 Å². The van der Waals surface area contributed by atoms with E-state index in [1.807, 2.05) is 18.7 Å². The molecule has 1 N–H and O–H groups in total. The second kappa shape index (κ2) is 5.99. The van der Waals surface area contributed by atoms with Gasteiger partial charge in [-0.3, -0.25) is 4.79 Å². The summed E-state index contributed by atoms with van der Waals surface area (Å²) >= 11 is 0. The van der Waals surface area contributed by atoms with Crippen LogP contribution in [0.5, 0.6) is 0 Å². The van der Waals surface area contributed by atoms with Gasteiger partial charge >= 0.3 is 0 Å². The Morgan fingerprint density at radius 3 is 2.56 bits per heavy atom. The third-order valence-electron chi connectivity index (χ3n) is 3.60. The fraction of sp³-hybridized carbons (Fsp3) is 0.923. The number of rotatable bonds is 3. The lowest BCUT2D eigenvalue weighted by atomic mass is 10.0. The average Bonchev–Trinajstić information content (AvgIpc) is 2.75. The van der Waals surface area contributed by atoms with Crippen LogP contribution in [0.3, 0.4) is 0 Å². The van der Waals surface area contributed by atoms with Gasteiger partial charge in [0.2, 0.25) is 5.91 Å². The number of morpholine rings is 1. The van der Waals surface area contributed by atoms with Gasteiger partial charge in [-0.1, -0.05) is 6.92 Å². The highest BCUT2D eigenvalue weighted by atomic mass is 16.5. The summed E-state index contributed by atoms with van der Waals surface area (Å²) in [7, 11) is 0. The first-order chi connectivity index (χ1) is 8.61. The first-order valence-electron chi connectivity index (χ1n) is 6.87. The van der Waals surface area contributed by atoms with Crippen LogP contribution in [0.25, 0.3) is 0 Å². The van der Waals surface area contributed by atoms with Crippen LogP contribution in [0.2, 0.25) is 0 Å². The fourth-order valence-corrected chi connectivity index (χ4v) is 2.85. The van der Waals surface area contributed by atoms with E-state index in [0.29, 0.717) is 26.3 Å². The summed E-state index contributed by atoms with van der Waals surface area (Å²) in [6, 6.07) is 0.163. The molecule has 0 saturated carbocycles. The van der Waals surface area contributed by atoms with E-state index in [1.54, 1.807) is 0 Å². The van der Waals surface area contributed by atoms with E-state index in [1.165, 1.54) is 0 Å². The van der Waals surface area contributed by atoms with Gasteiger partial charge in [0, 0.05) is 19.1 Å². The molecule has 4 atom stereocenters. The molecule has 0 aromatic rings. The minimum absolute atomic E-state index is 0.0394. The average molecular weight is 256 g/mol. The first-order valence-corrected chi connectivity index (χ1v) is 6.87. The van der Waals surface area contributed by atoms with E-state index in [2.05, 4.69) is 12.2 Å². The van der Waals surface area contributed by atoms with E-state index in [4.69, 9.17) is 9.47 Å². The number of amides is 1. The summed E-state index contributed by atoms with van der Waals surface area (Å²) in [5, 5.41) is 3.33. The van der Waals surface area contributed by atoms with Crippen molar-refractivity contribution in [3.63, 3.8) is 0 Å². The van der Waals surface area contributed by atoms with E-state index in [-0.39, 0.29) is 30.1 Å². The highest BCUT2D eigenvalue weighted by molar-refractivity contribution is 5.80. The molecule has 5 nitrogen and oxygen atoms in total. The molecule has 5 heteroatoms. The van der Waals surface area contributed by atoms with Gasteiger partial charge in [0.05, 0.1) is 31.3 Å². The summed E-state index contributed by atoms with van der Waals surface area (Å²) in [5.41, 5.74) is 0. The van der Waals surface area contributed by atoms with Crippen molar-refractivity contribution < 1.29 is 14.3 Å². The maximum atomic E-state index is 12.5. The number of likely N-dealkylation sites (N-methyl/N-ethyl adjacent to an activating group) is 1. The van der Waals surface area contributed by atoms with E-state index in [9.17, 15) is 4.79 Å². The topological polar surface area (TPSA) is 50.8 Å². The zero-order valence-electron chi connectivity index (χ0n) is 11.5. The van der Waals surface area contributed by atoms with Crippen molar-refractivity contribution in [3.05, 3.63) is 0 Å². The Kier molecular flexibility index (Phi) is 4.59. The van der Waals surface area contributed by atoms with Crippen LogP contribution in [0, 0.1) is 5.92 Å². The second-order valence-electron chi connectivity index (χ2n) is 5.31. The molecule has 104 valence electrons. The number of carbonyl (C=O) groups excluding carboxylic acids is 1. The number of nitrogens with zero attached hydrogens (tertiary/aromatic N) is 1. The highest BCUT2D eigenvalue weighted by Crippen LogP contribution is 2.20. The summed E-state index contributed by atoms with van der Waals surface area (Å²) in [6.45, 7) is 9.52. The molecule has 0 aromatic heterocycles. The SMILES string of the molecule is CCNC1COCC1C(=O)N1C[C@@H](C)O[C@@H](C)C1. The molecule has 18 heavy (non-hydrogen) atoms. The third-order valence-corrected chi connectivity index (χ3v) is 3.60. The van der Waals surface area contributed by atoms with Crippen molar-refractivity contribution in [2.45, 2.75) is 39.0 Å². The summed E-state index contributed by atoms with van der Waals surface area (Å²) in [6.07, 6.45) is 0.246. The highest BCUT2D eigenvalue weighted by Gasteiger charge is 2.38. The summed E-state index contributed by atoms with van der Waals surface area (Å²) in [5.74, 6) is 0.169. The molecule has 0 spiro atoms. The molecule has 0 radical (unpaired) electrons. The van der Waals surface area contributed by atoms with E-state index >= 15 is 0 Å². The number of ether oxygens (including phenoxy) is 2. The minimum atomic E-state index is -0.0394. The van der Waals surface area contributed by atoms with Gasteiger partial charge in [-0.15, -0.1) is 0 Å². The summed E-state index contributed by atoms with van der Waals surface area (Å²) in [4.78, 5) is 14.5. The van der Waals surface area contributed by atoms with Crippen LogP contribution in [-0.2, 0) is 14.3 Å². The van der Waals surface area contributed by atoms with Gasteiger partial charge < -0.3 is 19.7 Å². The van der Waals surface area contributed by atoms with Crippen molar-refractivity contribution in [1.29, 1.82) is 0 Å². The van der Waals surface area contributed by atoms with Gasteiger partial charge in [0.1, 0.15) is 0 Å².